The van der Waals surface area contributed by atoms with Crippen LogP contribution in [0.15, 0.2) is 52.2 Å². The Morgan fingerprint density at radius 2 is 1.97 bits per heavy atom. The Morgan fingerprint density at radius 3 is 2.67 bits per heavy atom. The lowest BCUT2D eigenvalue weighted by Gasteiger charge is -2.25. The van der Waals surface area contributed by atoms with Crippen LogP contribution in [0.3, 0.4) is 0 Å². The first-order valence-corrected chi connectivity index (χ1v) is 10.8. The molecule has 0 N–H and O–H groups in total. The van der Waals surface area contributed by atoms with E-state index in [4.69, 9.17) is 30.2 Å². The number of methoxy groups -OCH3 is 2. The third kappa shape index (κ3) is 3.98. The number of benzene rings is 2. The molecular formula is C25H24ClNO6. The van der Waals surface area contributed by atoms with Crippen LogP contribution in [-0.4, -0.2) is 44.8 Å². The number of nitrogens with zero attached hydrogens (tertiary/aromatic N) is 1. The number of hydrogen-bond acceptors (Lipinski definition) is 6. The topological polar surface area (TPSA) is 78.2 Å². The Labute approximate surface area is 196 Å². The van der Waals surface area contributed by atoms with Gasteiger partial charge in [0.1, 0.15) is 12.2 Å². The minimum atomic E-state index is -0.675. The van der Waals surface area contributed by atoms with E-state index in [0.29, 0.717) is 46.3 Å². The average Bonchev–Trinajstić information content (AvgIpc) is 3.09. The molecule has 2 aromatic carbocycles. The Bertz CT molecular complexity index is 1300. The number of ether oxygens (including phenoxy) is 3. The molecule has 0 aliphatic carbocycles. The van der Waals surface area contributed by atoms with Gasteiger partial charge in [0.2, 0.25) is 5.76 Å². The van der Waals surface area contributed by atoms with Crippen molar-refractivity contribution in [2.24, 2.45) is 0 Å². The summed E-state index contributed by atoms with van der Waals surface area (Å²) in [6, 6.07) is 7.90. The number of amides is 1. The lowest BCUT2D eigenvalue weighted by molar-refractivity contribution is 0.0663. The van der Waals surface area contributed by atoms with E-state index in [0.717, 1.165) is 5.56 Å². The second-order valence-corrected chi connectivity index (χ2v) is 8.08. The molecule has 8 heteroatoms. The van der Waals surface area contributed by atoms with Crippen molar-refractivity contribution in [1.29, 1.82) is 0 Å². The number of fused-ring (bicyclic) bond motifs is 2. The number of halogens is 1. The molecule has 1 aromatic heterocycles. The molecule has 2 heterocycles. The van der Waals surface area contributed by atoms with E-state index >= 15 is 0 Å². The van der Waals surface area contributed by atoms with Crippen LogP contribution in [0, 0.1) is 6.92 Å². The summed E-state index contributed by atoms with van der Waals surface area (Å²) in [5, 5.41) is 0.783. The van der Waals surface area contributed by atoms with Gasteiger partial charge < -0.3 is 23.5 Å². The summed E-state index contributed by atoms with van der Waals surface area (Å²) in [4.78, 5) is 28.5. The van der Waals surface area contributed by atoms with Crippen LogP contribution in [0.1, 0.15) is 33.3 Å². The van der Waals surface area contributed by atoms with Gasteiger partial charge in [-0.05, 0) is 42.3 Å². The van der Waals surface area contributed by atoms with Gasteiger partial charge in [0, 0.05) is 18.7 Å². The molecule has 1 unspecified atom stereocenters. The summed E-state index contributed by atoms with van der Waals surface area (Å²) < 4.78 is 22.3. The number of hydrogen-bond donors (Lipinski definition) is 0. The molecule has 1 aliphatic heterocycles. The van der Waals surface area contributed by atoms with Crippen molar-refractivity contribution in [3.8, 4) is 11.5 Å². The van der Waals surface area contributed by atoms with Gasteiger partial charge in [-0.15, -0.1) is 0 Å². The van der Waals surface area contributed by atoms with Gasteiger partial charge in [-0.1, -0.05) is 30.3 Å². The van der Waals surface area contributed by atoms with Gasteiger partial charge >= 0.3 is 0 Å². The van der Waals surface area contributed by atoms with E-state index in [1.807, 2.05) is 6.92 Å². The highest BCUT2D eigenvalue weighted by atomic mass is 35.5. The third-order valence-corrected chi connectivity index (χ3v) is 6.05. The van der Waals surface area contributed by atoms with E-state index in [1.165, 1.54) is 7.11 Å². The van der Waals surface area contributed by atoms with Crippen LogP contribution in [0.25, 0.3) is 11.0 Å². The van der Waals surface area contributed by atoms with Crippen molar-refractivity contribution in [2.45, 2.75) is 13.0 Å². The summed E-state index contributed by atoms with van der Waals surface area (Å²) in [5.74, 6) is 0.665. The lowest BCUT2D eigenvalue weighted by atomic mass is 9.98. The maximum absolute atomic E-state index is 13.6. The zero-order valence-electron chi connectivity index (χ0n) is 18.6. The summed E-state index contributed by atoms with van der Waals surface area (Å²) in [6.07, 6.45) is 1.63. The highest BCUT2D eigenvalue weighted by Crippen LogP contribution is 2.41. The monoisotopic (exact) mass is 469 g/mol. The van der Waals surface area contributed by atoms with Crippen molar-refractivity contribution >= 4 is 28.5 Å². The van der Waals surface area contributed by atoms with Crippen LogP contribution in [0.4, 0.5) is 0 Å². The van der Waals surface area contributed by atoms with Gasteiger partial charge in [-0.3, -0.25) is 9.59 Å². The molecule has 4 rings (SSSR count). The molecule has 0 saturated heterocycles. The molecular weight excluding hydrogens is 446 g/mol. The average molecular weight is 470 g/mol. The first kappa shape index (κ1) is 22.9. The Balaban J connectivity index is 1.92. The van der Waals surface area contributed by atoms with E-state index in [1.54, 1.807) is 48.4 Å². The standard InChI is InChI=1S/C25H24ClNO6/c1-5-9-32-18-7-6-15(12-20(18)31-4)22-21-23(28)16-13-17(26)14(2)11-19(16)33-24(21)25(29)27(22)8-10-30-3/h5-7,11-13,22H,1,8-10H2,2-4H3. The second-order valence-electron chi connectivity index (χ2n) is 7.68. The predicted octanol–water partition coefficient (Wildman–Crippen LogP) is 4.52. The summed E-state index contributed by atoms with van der Waals surface area (Å²) in [6.45, 7) is 6.35. The molecule has 1 aliphatic rings. The Kier molecular flexibility index (Phi) is 6.44. The molecule has 3 aromatic rings. The number of carbonyl (C=O) groups excluding carboxylic acids is 1. The minimum absolute atomic E-state index is 0.0290. The molecule has 1 amide bonds. The molecule has 172 valence electrons. The smallest absolute Gasteiger partial charge is 0.290 e. The summed E-state index contributed by atoms with van der Waals surface area (Å²) in [7, 11) is 3.09. The number of carbonyl (C=O) groups is 1. The molecule has 0 saturated carbocycles. The molecule has 0 fully saturated rings. The van der Waals surface area contributed by atoms with Gasteiger partial charge in [-0.25, -0.2) is 0 Å². The van der Waals surface area contributed by atoms with E-state index in [-0.39, 0.29) is 29.2 Å². The van der Waals surface area contributed by atoms with Crippen molar-refractivity contribution < 1.29 is 23.4 Å². The molecule has 0 bridgehead atoms. The number of aryl methyl sites for hydroxylation is 1. The normalized spacial score (nSPS) is 15.1. The Hall–Kier alpha value is -3.29. The van der Waals surface area contributed by atoms with Gasteiger partial charge in [0.25, 0.3) is 5.91 Å². The van der Waals surface area contributed by atoms with Gasteiger partial charge in [0.15, 0.2) is 16.9 Å². The first-order chi connectivity index (χ1) is 15.9. The maximum atomic E-state index is 13.6. The van der Waals surface area contributed by atoms with Gasteiger partial charge in [-0.2, -0.15) is 0 Å². The molecule has 33 heavy (non-hydrogen) atoms. The zero-order chi connectivity index (χ0) is 23.7. The van der Waals surface area contributed by atoms with Gasteiger partial charge in [0.05, 0.1) is 30.7 Å². The lowest BCUT2D eigenvalue weighted by Crippen LogP contribution is -2.32. The quantitative estimate of drug-likeness (QED) is 0.451. The van der Waals surface area contributed by atoms with Crippen LogP contribution in [0.5, 0.6) is 11.5 Å². The Morgan fingerprint density at radius 1 is 1.18 bits per heavy atom. The summed E-state index contributed by atoms with van der Waals surface area (Å²) >= 11 is 6.28. The SMILES string of the molecule is C=CCOc1ccc(C2c3c(oc4cc(C)c(Cl)cc4c3=O)C(=O)N2CCOC)cc1OC. The minimum Gasteiger partial charge on any atom is -0.493 e. The van der Waals surface area contributed by atoms with Crippen LogP contribution >= 0.6 is 11.6 Å². The second kappa shape index (κ2) is 9.29. The zero-order valence-corrected chi connectivity index (χ0v) is 19.4. The molecule has 0 spiro atoms. The molecule has 1 atom stereocenters. The van der Waals surface area contributed by atoms with E-state index in [9.17, 15) is 9.59 Å². The highest BCUT2D eigenvalue weighted by Gasteiger charge is 2.42. The molecule has 0 radical (unpaired) electrons. The first-order valence-electron chi connectivity index (χ1n) is 10.4. The fourth-order valence-electron chi connectivity index (χ4n) is 4.03. The van der Waals surface area contributed by atoms with Crippen LogP contribution in [0.2, 0.25) is 5.02 Å². The van der Waals surface area contributed by atoms with Crippen molar-refractivity contribution in [2.75, 3.05) is 34.0 Å². The summed E-state index contributed by atoms with van der Waals surface area (Å²) in [5.41, 5.74) is 1.74. The molecule has 7 nitrogen and oxygen atoms in total. The van der Waals surface area contributed by atoms with E-state index in [2.05, 4.69) is 6.58 Å². The maximum Gasteiger partial charge on any atom is 0.290 e. The van der Waals surface area contributed by atoms with Crippen molar-refractivity contribution in [1.82, 2.24) is 4.90 Å². The fourth-order valence-corrected chi connectivity index (χ4v) is 4.19. The largest absolute Gasteiger partial charge is 0.493 e. The third-order valence-electron chi connectivity index (χ3n) is 5.64. The highest BCUT2D eigenvalue weighted by molar-refractivity contribution is 6.32. The van der Waals surface area contributed by atoms with Crippen LogP contribution < -0.4 is 14.9 Å². The predicted molar refractivity (Wildman–Crippen MR) is 126 cm³/mol. The van der Waals surface area contributed by atoms with Crippen LogP contribution in [-0.2, 0) is 4.74 Å². The van der Waals surface area contributed by atoms with Crippen molar-refractivity contribution in [3.63, 3.8) is 0 Å². The van der Waals surface area contributed by atoms with Crippen molar-refractivity contribution in [3.05, 3.63) is 80.7 Å². The fraction of sp³-hybridized carbons (Fsp3) is 0.280. The van der Waals surface area contributed by atoms with E-state index < -0.39 is 6.04 Å². The number of rotatable bonds is 8.